The molecule has 1 heterocycles. The fourth-order valence-corrected chi connectivity index (χ4v) is 1.22. The summed E-state index contributed by atoms with van der Waals surface area (Å²) in [5.41, 5.74) is 6.32. The molecule has 0 aliphatic rings. The second kappa shape index (κ2) is 4.06. The van der Waals surface area contributed by atoms with E-state index in [0.717, 1.165) is 5.56 Å². The van der Waals surface area contributed by atoms with E-state index in [4.69, 9.17) is 10.5 Å². The van der Waals surface area contributed by atoms with Crippen molar-refractivity contribution >= 4 is 11.8 Å². The van der Waals surface area contributed by atoms with Gasteiger partial charge in [0.15, 0.2) is 5.82 Å². The lowest BCUT2D eigenvalue weighted by atomic mass is 10.2. The summed E-state index contributed by atoms with van der Waals surface area (Å²) in [6, 6.07) is 8.46. The molecule has 0 aliphatic carbocycles. The Morgan fingerprint density at radius 3 is 2.88 bits per heavy atom. The molecule has 0 bridgehead atoms. The monoisotopic (exact) mass is 218 g/mol. The standard InChI is InChI=1S/C11H10N2O3/c1-7-3-2-4-8(5-7)15-11(14)9-6-10(12)13-16-9/h2-6H,1H3,(H2,12,13). The molecule has 1 aromatic carbocycles. The van der Waals surface area contributed by atoms with E-state index >= 15 is 0 Å². The molecular formula is C11H10N2O3. The molecule has 5 nitrogen and oxygen atoms in total. The van der Waals surface area contributed by atoms with E-state index < -0.39 is 5.97 Å². The number of ether oxygens (including phenoxy) is 1. The van der Waals surface area contributed by atoms with E-state index in [9.17, 15) is 4.79 Å². The molecule has 0 fully saturated rings. The van der Waals surface area contributed by atoms with Gasteiger partial charge in [-0.15, -0.1) is 0 Å². The Morgan fingerprint density at radius 2 is 2.25 bits per heavy atom. The number of carbonyl (C=O) groups excluding carboxylic acids is 1. The molecule has 0 atom stereocenters. The molecule has 0 saturated carbocycles. The highest BCUT2D eigenvalue weighted by Gasteiger charge is 2.14. The van der Waals surface area contributed by atoms with E-state index in [0.29, 0.717) is 5.75 Å². The van der Waals surface area contributed by atoms with Crippen LogP contribution in [0.1, 0.15) is 16.1 Å². The van der Waals surface area contributed by atoms with Gasteiger partial charge in [-0.25, -0.2) is 4.79 Å². The van der Waals surface area contributed by atoms with Crippen LogP contribution in [0.3, 0.4) is 0 Å². The lowest BCUT2D eigenvalue weighted by Gasteiger charge is -2.01. The number of rotatable bonds is 2. The van der Waals surface area contributed by atoms with Gasteiger partial charge in [-0.1, -0.05) is 17.3 Å². The van der Waals surface area contributed by atoms with E-state index in [1.54, 1.807) is 18.2 Å². The van der Waals surface area contributed by atoms with Crippen LogP contribution in [0.4, 0.5) is 5.82 Å². The van der Waals surface area contributed by atoms with Gasteiger partial charge >= 0.3 is 5.97 Å². The highest BCUT2D eigenvalue weighted by molar-refractivity contribution is 5.88. The topological polar surface area (TPSA) is 78.4 Å². The summed E-state index contributed by atoms with van der Waals surface area (Å²) < 4.78 is 9.75. The fraction of sp³-hybridized carbons (Fsp3) is 0.0909. The molecule has 2 aromatic rings. The molecule has 1 aromatic heterocycles. The normalized spacial score (nSPS) is 10.1. The number of aryl methyl sites for hydroxylation is 1. The van der Waals surface area contributed by atoms with Crippen LogP contribution in [0.2, 0.25) is 0 Å². The molecule has 2 rings (SSSR count). The van der Waals surface area contributed by atoms with Crippen molar-refractivity contribution in [2.75, 3.05) is 5.73 Å². The number of nitrogens with zero attached hydrogens (tertiary/aromatic N) is 1. The summed E-state index contributed by atoms with van der Waals surface area (Å²) in [6.07, 6.45) is 0. The zero-order valence-corrected chi connectivity index (χ0v) is 8.64. The number of hydrogen-bond acceptors (Lipinski definition) is 5. The average Bonchev–Trinajstić information content (AvgIpc) is 2.65. The maximum absolute atomic E-state index is 11.5. The number of nitrogen functional groups attached to an aromatic ring is 1. The molecule has 82 valence electrons. The summed E-state index contributed by atoms with van der Waals surface area (Å²) in [6.45, 7) is 1.91. The van der Waals surface area contributed by atoms with Crippen LogP contribution in [0.25, 0.3) is 0 Å². The van der Waals surface area contributed by atoms with E-state index in [-0.39, 0.29) is 11.6 Å². The molecule has 0 amide bonds. The zero-order valence-electron chi connectivity index (χ0n) is 8.64. The van der Waals surface area contributed by atoms with Gasteiger partial charge < -0.3 is 15.0 Å². The van der Waals surface area contributed by atoms with Crippen molar-refractivity contribution in [1.82, 2.24) is 5.16 Å². The molecule has 0 saturated heterocycles. The van der Waals surface area contributed by atoms with Gasteiger partial charge in [-0.2, -0.15) is 0 Å². The van der Waals surface area contributed by atoms with Crippen LogP contribution in [0.15, 0.2) is 34.9 Å². The number of carbonyl (C=O) groups is 1. The second-order valence-electron chi connectivity index (χ2n) is 3.32. The number of anilines is 1. The lowest BCUT2D eigenvalue weighted by molar-refractivity contribution is 0.0691. The van der Waals surface area contributed by atoms with E-state index in [1.165, 1.54) is 6.07 Å². The van der Waals surface area contributed by atoms with E-state index in [2.05, 4.69) is 9.68 Å². The third-order valence-corrected chi connectivity index (χ3v) is 1.93. The molecular weight excluding hydrogens is 208 g/mol. The number of benzene rings is 1. The summed E-state index contributed by atoms with van der Waals surface area (Å²) in [7, 11) is 0. The first-order valence-electron chi connectivity index (χ1n) is 4.66. The van der Waals surface area contributed by atoms with Crippen LogP contribution < -0.4 is 10.5 Å². The van der Waals surface area contributed by atoms with Crippen LogP contribution in [0.5, 0.6) is 5.75 Å². The zero-order chi connectivity index (χ0) is 11.5. The van der Waals surface area contributed by atoms with Crippen LogP contribution in [-0.4, -0.2) is 11.1 Å². The molecule has 0 radical (unpaired) electrons. The number of esters is 1. The molecule has 16 heavy (non-hydrogen) atoms. The van der Waals surface area contributed by atoms with Gasteiger partial charge in [0.2, 0.25) is 5.76 Å². The summed E-state index contributed by atoms with van der Waals surface area (Å²) in [4.78, 5) is 11.5. The van der Waals surface area contributed by atoms with Gasteiger partial charge in [0.25, 0.3) is 0 Å². The fourth-order valence-electron chi connectivity index (χ4n) is 1.22. The van der Waals surface area contributed by atoms with Crippen molar-refractivity contribution in [1.29, 1.82) is 0 Å². The Labute approximate surface area is 91.8 Å². The third-order valence-electron chi connectivity index (χ3n) is 1.93. The maximum atomic E-state index is 11.5. The van der Waals surface area contributed by atoms with Gasteiger partial charge in [-0.05, 0) is 24.6 Å². The Bertz CT molecular complexity index is 519. The lowest BCUT2D eigenvalue weighted by Crippen LogP contribution is -2.07. The predicted molar refractivity (Wildman–Crippen MR) is 57.1 cm³/mol. The largest absolute Gasteiger partial charge is 0.421 e. The SMILES string of the molecule is Cc1cccc(OC(=O)c2cc(N)no2)c1. The average molecular weight is 218 g/mol. The highest BCUT2D eigenvalue weighted by Crippen LogP contribution is 2.15. The van der Waals surface area contributed by atoms with Crippen molar-refractivity contribution in [3.63, 3.8) is 0 Å². The maximum Gasteiger partial charge on any atom is 0.382 e. The van der Waals surface area contributed by atoms with Crippen LogP contribution in [-0.2, 0) is 0 Å². The van der Waals surface area contributed by atoms with Crippen molar-refractivity contribution < 1.29 is 14.1 Å². The van der Waals surface area contributed by atoms with Crippen LogP contribution in [0, 0.1) is 6.92 Å². The highest BCUT2D eigenvalue weighted by atomic mass is 16.6. The molecule has 0 unspecified atom stereocenters. The molecule has 0 spiro atoms. The smallest absolute Gasteiger partial charge is 0.382 e. The minimum atomic E-state index is -0.616. The number of nitrogens with two attached hydrogens (primary N) is 1. The van der Waals surface area contributed by atoms with Gasteiger partial charge in [0.1, 0.15) is 5.75 Å². The first-order valence-corrected chi connectivity index (χ1v) is 4.66. The first kappa shape index (κ1) is 10.2. The quantitative estimate of drug-likeness (QED) is 0.614. The summed E-state index contributed by atoms with van der Waals surface area (Å²) in [5, 5.41) is 3.40. The van der Waals surface area contributed by atoms with Crippen LogP contribution >= 0.6 is 0 Å². The second-order valence-corrected chi connectivity index (χ2v) is 3.32. The Hall–Kier alpha value is -2.30. The van der Waals surface area contributed by atoms with Crippen molar-refractivity contribution in [3.05, 3.63) is 41.7 Å². The Kier molecular flexibility index (Phi) is 2.59. The summed E-state index contributed by atoms with van der Waals surface area (Å²) >= 11 is 0. The molecule has 5 heteroatoms. The Balaban J connectivity index is 2.13. The van der Waals surface area contributed by atoms with Gasteiger partial charge in [0.05, 0.1) is 0 Å². The van der Waals surface area contributed by atoms with E-state index in [1.807, 2.05) is 13.0 Å². The first-order chi connectivity index (χ1) is 7.65. The number of aromatic nitrogens is 1. The van der Waals surface area contributed by atoms with Crippen molar-refractivity contribution in [3.8, 4) is 5.75 Å². The minimum absolute atomic E-state index is 0.0148. The van der Waals surface area contributed by atoms with Gasteiger partial charge in [-0.3, -0.25) is 0 Å². The summed E-state index contributed by atoms with van der Waals surface area (Å²) in [5.74, 6) is -0.0232. The number of hydrogen-bond donors (Lipinski definition) is 1. The minimum Gasteiger partial charge on any atom is -0.421 e. The van der Waals surface area contributed by atoms with Gasteiger partial charge in [0, 0.05) is 6.07 Å². The Morgan fingerprint density at radius 1 is 1.44 bits per heavy atom. The van der Waals surface area contributed by atoms with Crippen molar-refractivity contribution in [2.24, 2.45) is 0 Å². The third kappa shape index (κ3) is 2.20. The predicted octanol–water partition coefficient (Wildman–Crippen LogP) is 1.78. The van der Waals surface area contributed by atoms with Crippen molar-refractivity contribution in [2.45, 2.75) is 6.92 Å². The molecule has 2 N–H and O–H groups in total. The molecule has 0 aliphatic heterocycles.